The molecular weight excluding hydrogens is 440 g/mol. The fourth-order valence-electron chi connectivity index (χ4n) is 3.61. The number of anilines is 1. The third kappa shape index (κ3) is 3.80. The highest BCUT2D eigenvalue weighted by atomic mass is 32.2. The lowest BCUT2D eigenvalue weighted by molar-refractivity contribution is -0.387. The Kier molecular flexibility index (Phi) is 5.39. The molecule has 0 aliphatic heterocycles. The molecule has 0 aliphatic rings. The number of benzene rings is 3. The van der Waals surface area contributed by atoms with E-state index < -0.39 is 37.0 Å². The quantitative estimate of drug-likeness (QED) is 0.333. The topological polar surface area (TPSA) is 94.2 Å². The number of fused-ring (bicyclic) bond motifs is 1. The van der Waals surface area contributed by atoms with Crippen LogP contribution in [0.5, 0.6) is 0 Å². The summed E-state index contributed by atoms with van der Waals surface area (Å²) in [6, 6.07) is 13.1. The molecule has 0 saturated heterocycles. The lowest BCUT2D eigenvalue weighted by atomic mass is 10.2. The van der Waals surface area contributed by atoms with Crippen LogP contribution < -0.4 is 5.32 Å². The maximum atomic E-state index is 13.7. The zero-order valence-electron chi connectivity index (χ0n) is 16.7. The zero-order valence-corrected chi connectivity index (χ0v) is 17.6. The summed E-state index contributed by atoms with van der Waals surface area (Å²) in [4.78, 5) is 10.1. The number of aromatic nitrogens is 1. The van der Waals surface area contributed by atoms with E-state index in [9.17, 15) is 27.3 Å². The number of rotatable bonds is 6. The number of nitro groups is 1. The third-order valence-corrected chi connectivity index (χ3v) is 6.88. The van der Waals surface area contributed by atoms with Gasteiger partial charge in [-0.1, -0.05) is 12.1 Å². The molecule has 10 heteroatoms. The molecule has 0 atom stereocenters. The van der Waals surface area contributed by atoms with Gasteiger partial charge in [0.25, 0.3) is 5.69 Å². The van der Waals surface area contributed by atoms with Crippen molar-refractivity contribution in [2.24, 2.45) is 0 Å². The second kappa shape index (κ2) is 8.04. The first-order chi connectivity index (χ1) is 15.2. The molecule has 0 amide bonds. The van der Waals surface area contributed by atoms with E-state index in [4.69, 9.17) is 0 Å². The summed E-state index contributed by atoms with van der Waals surface area (Å²) in [7, 11) is -2.58. The van der Waals surface area contributed by atoms with Crippen molar-refractivity contribution >= 4 is 32.1 Å². The molecule has 7 nitrogen and oxygen atoms in total. The summed E-state index contributed by atoms with van der Waals surface area (Å²) in [6.07, 6.45) is 1.33. The summed E-state index contributed by atoms with van der Waals surface area (Å²) in [5.41, 5.74) is 0.937. The SMILES string of the molecule is CNc1ccc2c(S(=O)(=O)c3ccccc3[N+](=O)[O-])cn(Cc3cc(F)cc(F)c3)c2c1. The lowest BCUT2D eigenvalue weighted by Gasteiger charge is -2.07. The van der Waals surface area contributed by atoms with E-state index in [-0.39, 0.29) is 11.4 Å². The van der Waals surface area contributed by atoms with Gasteiger partial charge in [-0.3, -0.25) is 10.1 Å². The van der Waals surface area contributed by atoms with Gasteiger partial charge in [-0.25, -0.2) is 17.2 Å². The lowest BCUT2D eigenvalue weighted by Crippen LogP contribution is -2.05. The van der Waals surface area contributed by atoms with Crippen LogP contribution in [0.3, 0.4) is 0 Å². The van der Waals surface area contributed by atoms with Gasteiger partial charge < -0.3 is 9.88 Å². The maximum absolute atomic E-state index is 13.7. The van der Waals surface area contributed by atoms with Crippen molar-refractivity contribution in [2.75, 3.05) is 12.4 Å². The Balaban J connectivity index is 1.94. The monoisotopic (exact) mass is 457 g/mol. The molecule has 0 aliphatic carbocycles. The normalized spacial score (nSPS) is 11.6. The number of nitro benzene ring substituents is 1. The number of nitrogens with one attached hydrogen (secondary N) is 1. The van der Waals surface area contributed by atoms with E-state index in [0.717, 1.165) is 24.3 Å². The first kappa shape index (κ1) is 21.4. The van der Waals surface area contributed by atoms with E-state index in [1.54, 1.807) is 29.8 Å². The van der Waals surface area contributed by atoms with Gasteiger partial charge >= 0.3 is 0 Å². The Morgan fingerprint density at radius 1 is 1.00 bits per heavy atom. The van der Waals surface area contributed by atoms with Crippen molar-refractivity contribution in [3.05, 3.63) is 94.2 Å². The van der Waals surface area contributed by atoms with Crippen molar-refractivity contribution in [2.45, 2.75) is 16.3 Å². The van der Waals surface area contributed by atoms with Crippen LogP contribution in [0.15, 0.2) is 76.7 Å². The molecule has 3 aromatic carbocycles. The van der Waals surface area contributed by atoms with Crippen LogP contribution in [0.25, 0.3) is 10.9 Å². The predicted octanol–water partition coefficient (Wildman–Crippen LogP) is 4.75. The van der Waals surface area contributed by atoms with Crippen LogP contribution >= 0.6 is 0 Å². The minimum atomic E-state index is -4.28. The van der Waals surface area contributed by atoms with E-state index in [1.807, 2.05) is 0 Å². The van der Waals surface area contributed by atoms with Crippen molar-refractivity contribution in [3.8, 4) is 0 Å². The largest absolute Gasteiger partial charge is 0.388 e. The fourth-order valence-corrected chi connectivity index (χ4v) is 5.25. The summed E-state index contributed by atoms with van der Waals surface area (Å²) in [5, 5.41) is 14.7. The summed E-state index contributed by atoms with van der Waals surface area (Å²) < 4.78 is 55.8. The average Bonchev–Trinajstić information content (AvgIpc) is 3.11. The van der Waals surface area contributed by atoms with Gasteiger partial charge in [-0.2, -0.15) is 0 Å². The number of para-hydroxylation sites is 1. The highest BCUT2D eigenvalue weighted by Crippen LogP contribution is 2.35. The van der Waals surface area contributed by atoms with Crippen molar-refractivity contribution in [1.82, 2.24) is 4.57 Å². The van der Waals surface area contributed by atoms with Gasteiger partial charge in [0.15, 0.2) is 0 Å². The molecule has 0 unspecified atom stereocenters. The van der Waals surface area contributed by atoms with E-state index >= 15 is 0 Å². The minimum absolute atomic E-state index is 0.00918. The molecule has 0 saturated carbocycles. The summed E-state index contributed by atoms with van der Waals surface area (Å²) in [5.74, 6) is -1.50. The van der Waals surface area contributed by atoms with Crippen LogP contribution in [0.2, 0.25) is 0 Å². The van der Waals surface area contributed by atoms with Crippen LogP contribution in [0.4, 0.5) is 20.2 Å². The van der Waals surface area contributed by atoms with E-state index in [2.05, 4.69) is 5.32 Å². The number of nitrogens with zero attached hydrogens (tertiary/aromatic N) is 2. The Labute approximate surface area is 182 Å². The van der Waals surface area contributed by atoms with Gasteiger partial charge in [0.1, 0.15) is 16.5 Å². The Bertz CT molecular complexity index is 1450. The average molecular weight is 457 g/mol. The maximum Gasteiger partial charge on any atom is 0.288 e. The summed E-state index contributed by atoms with van der Waals surface area (Å²) in [6.45, 7) is -0.00918. The van der Waals surface area contributed by atoms with Gasteiger partial charge in [0, 0.05) is 43.0 Å². The van der Waals surface area contributed by atoms with Crippen molar-refractivity contribution < 1.29 is 22.1 Å². The van der Waals surface area contributed by atoms with Crippen molar-refractivity contribution in [1.29, 1.82) is 0 Å². The molecule has 1 N–H and O–H groups in total. The molecule has 32 heavy (non-hydrogen) atoms. The smallest absolute Gasteiger partial charge is 0.288 e. The highest BCUT2D eigenvalue weighted by Gasteiger charge is 2.30. The van der Waals surface area contributed by atoms with Crippen LogP contribution in [-0.2, 0) is 16.4 Å². The van der Waals surface area contributed by atoms with Gasteiger partial charge in [0.05, 0.1) is 15.3 Å². The third-order valence-electron chi connectivity index (χ3n) is 5.05. The molecule has 1 heterocycles. The number of sulfone groups is 1. The Morgan fingerprint density at radius 3 is 2.34 bits per heavy atom. The molecule has 164 valence electrons. The predicted molar refractivity (Wildman–Crippen MR) is 115 cm³/mol. The number of hydrogen-bond acceptors (Lipinski definition) is 5. The number of halogens is 2. The first-order valence-electron chi connectivity index (χ1n) is 9.45. The molecule has 4 aromatic rings. The van der Waals surface area contributed by atoms with Crippen molar-refractivity contribution in [3.63, 3.8) is 0 Å². The molecule has 4 rings (SSSR count). The Morgan fingerprint density at radius 2 is 1.69 bits per heavy atom. The zero-order chi connectivity index (χ0) is 23.0. The van der Waals surface area contributed by atoms with Crippen LogP contribution in [-0.4, -0.2) is 25.0 Å². The van der Waals surface area contributed by atoms with Crippen LogP contribution in [0.1, 0.15) is 5.56 Å². The molecule has 0 fully saturated rings. The number of hydrogen-bond donors (Lipinski definition) is 1. The molecule has 0 bridgehead atoms. The first-order valence-corrected chi connectivity index (χ1v) is 10.9. The second-order valence-corrected chi connectivity index (χ2v) is 9.00. The van der Waals surface area contributed by atoms with Gasteiger partial charge in [0.2, 0.25) is 9.84 Å². The molecule has 0 spiro atoms. The molecule has 1 aromatic heterocycles. The Hall–Kier alpha value is -3.79. The van der Waals surface area contributed by atoms with E-state index in [1.165, 1.54) is 24.4 Å². The van der Waals surface area contributed by atoms with Crippen LogP contribution in [0, 0.1) is 21.7 Å². The molecular formula is C22H17F2N3O4S. The second-order valence-electron chi connectivity index (χ2n) is 7.11. The molecule has 0 radical (unpaired) electrons. The minimum Gasteiger partial charge on any atom is -0.388 e. The fraction of sp³-hybridized carbons (Fsp3) is 0.0909. The van der Waals surface area contributed by atoms with Gasteiger partial charge in [-0.15, -0.1) is 0 Å². The summed E-state index contributed by atoms with van der Waals surface area (Å²) >= 11 is 0. The standard InChI is InChI=1S/C22H17F2N3O4S/c1-25-17-6-7-18-20(11-17)26(12-14-8-15(23)10-16(24)9-14)13-22(18)32(30,31)21-5-3-2-4-19(21)27(28)29/h2-11,13,25H,12H2,1H3. The van der Waals surface area contributed by atoms with E-state index in [0.29, 0.717) is 22.2 Å². The highest BCUT2D eigenvalue weighted by molar-refractivity contribution is 7.91. The van der Waals surface area contributed by atoms with Gasteiger partial charge in [-0.05, 0) is 42.0 Å².